The molecule has 1 aromatic heterocycles. The molecule has 1 aromatic carbocycles. The Balaban J connectivity index is 2.03. The van der Waals surface area contributed by atoms with E-state index < -0.39 is 5.91 Å². The largest absolute Gasteiger partial charge is 0.494 e. The minimum absolute atomic E-state index is 0.0707. The molecule has 0 saturated heterocycles. The molecule has 3 N–H and O–H groups in total. The molecule has 0 spiro atoms. The van der Waals surface area contributed by atoms with E-state index in [1.54, 1.807) is 19.5 Å². The maximum atomic E-state index is 10.8. The Morgan fingerprint density at radius 3 is 2.67 bits per heavy atom. The van der Waals surface area contributed by atoms with Crippen LogP contribution in [-0.4, -0.2) is 22.8 Å². The number of primary amides is 1. The highest BCUT2D eigenvalue weighted by Crippen LogP contribution is 2.34. The van der Waals surface area contributed by atoms with Gasteiger partial charge < -0.3 is 15.8 Å². The zero-order valence-corrected chi connectivity index (χ0v) is 14.4. The highest BCUT2D eigenvalue weighted by molar-refractivity contribution is 9.11. The van der Waals surface area contributed by atoms with Crippen LogP contribution in [-0.2, 0) is 17.9 Å². The number of anilines is 1. The van der Waals surface area contributed by atoms with Crippen molar-refractivity contribution in [2.75, 3.05) is 12.4 Å². The molecule has 1 heterocycles. The molecule has 0 radical (unpaired) electrons. The van der Waals surface area contributed by atoms with Crippen molar-refractivity contribution in [3.05, 3.63) is 39.0 Å². The number of carbonyl (C=O) groups is 1. The molecule has 1 amide bonds. The summed E-state index contributed by atoms with van der Waals surface area (Å²) in [5.41, 5.74) is 7.00. The molecule has 2 rings (SSSR count). The molecule has 8 heteroatoms. The van der Waals surface area contributed by atoms with Gasteiger partial charge in [-0.25, -0.2) is 0 Å². The number of halogens is 2. The number of aromatic nitrogens is 2. The molecule has 0 aliphatic carbocycles. The van der Waals surface area contributed by atoms with Gasteiger partial charge in [0, 0.05) is 12.7 Å². The van der Waals surface area contributed by atoms with Crippen molar-refractivity contribution in [3.63, 3.8) is 0 Å². The van der Waals surface area contributed by atoms with Gasteiger partial charge in [-0.3, -0.25) is 9.48 Å². The van der Waals surface area contributed by atoms with Gasteiger partial charge >= 0.3 is 0 Å². The normalized spacial score (nSPS) is 10.4. The Labute approximate surface area is 138 Å². The number of methoxy groups -OCH3 is 1. The van der Waals surface area contributed by atoms with Crippen molar-refractivity contribution in [2.45, 2.75) is 13.1 Å². The lowest BCUT2D eigenvalue weighted by Gasteiger charge is -2.10. The SMILES string of the molecule is COc1c(Br)cc(CNc2cnn(CC(N)=O)c2)cc1Br. The number of hydrogen-bond donors (Lipinski definition) is 2. The summed E-state index contributed by atoms with van der Waals surface area (Å²) in [6.07, 6.45) is 3.38. The lowest BCUT2D eigenvalue weighted by atomic mass is 10.2. The van der Waals surface area contributed by atoms with Crippen molar-refractivity contribution >= 4 is 43.5 Å². The smallest absolute Gasteiger partial charge is 0.239 e. The molecule has 0 unspecified atom stereocenters. The number of nitrogens with zero attached hydrogens (tertiary/aromatic N) is 2. The third-order valence-corrected chi connectivity index (χ3v) is 3.89. The summed E-state index contributed by atoms with van der Waals surface area (Å²) in [5.74, 6) is 0.334. The quantitative estimate of drug-likeness (QED) is 0.756. The van der Waals surface area contributed by atoms with Gasteiger partial charge in [-0.15, -0.1) is 0 Å². The van der Waals surface area contributed by atoms with Crippen molar-refractivity contribution in [3.8, 4) is 5.75 Å². The first-order valence-corrected chi connectivity index (χ1v) is 7.64. The third-order valence-electron chi connectivity index (χ3n) is 2.71. The highest BCUT2D eigenvalue weighted by atomic mass is 79.9. The number of benzene rings is 1. The van der Waals surface area contributed by atoms with E-state index in [4.69, 9.17) is 10.5 Å². The Kier molecular flexibility index (Phi) is 5.24. The zero-order valence-electron chi connectivity index (χ0n) is 11.3. The van der Waals surface area contributed by atoms with Gasteiger partial charge in [0.05, 0.1) is 27.9 Å². The Bertz CT molecular complexity index is 634. The molecule has 2 aromatic rings. The van der Waals surface area contributed by atoms with Gasteiger partial charge in [-0.2, -0.15) is 5.10 Å². The van der Waals surface area contributed by atoms with Crippen molar-refractivity contribution in [1.29, 1.82) is 0 Å². The first-order valence-electron chi connectivity index (χ1n) is 6.06. The number of nitrogens with two attached hydrogens (primary N) is 1. The zero-order chi connectivity index (χ0) is 15.4. The molecular weight excluding hydrogens is 404 g/mol. The van der Waals surface area contributed by atoms with Gasteiger partial charge in [0.25, 0.3) is 0 Å². The van der Waals surface area contributed by atoms with Gasteiger partial charge in [-0.05, 0) is 49.6 Å². The number of rotatable bonds is 6. The monoisotopic (exact) mass is 416 g/mol. The number of nitrogens with one attached hydrogen (secondary N) is 1. The fraction of sp³-hybridized carbons (Fsp3) is 0.231. The second kappa shape index (κ2) is 6.95. The van der Waals surface area contributed by atoms with Gasteiger partial charge in [-0.1, -0.05) is 0 Å². The summed E-state index contributed by atoms with van der Waals surface area (Å²) in [7, 11) is 1.62. The number of ether oxygens (including phenoxy) is 1. The third kappa shape index (κ3) is 4.21. The van der Waals surface area contributed by atoms with Crippen LogP contribution in [0.5, 0.6) is 5.75 Å². The first kappa shape index (κ1) is 15.8. The van der Waals surface area contributed by atoms with E-state index >= 15 is 0 Å². The molecule has 112 valence electrons. The Hall–Kier alpha value is -1.54. The topological polar surface area (TPSA) is 82.2 Å². The standard InChI is InChI=1S/C13H14Br2N4O2/c1-21-13-10(14)2-8(3-11(13)15)4-17-9-5-18-19(6-9)7-12(16)20/h2-3,5-6,17H,4,7H2,1H3,(H2,16,20). The van der Waals surface area contributed by atoms with Crippen molar-refractivity contribution < 1.29 is 9.53 Å². The van der Waals surface area contributed by atoms with Crippen molar-refractivity contribution in [1.82, 2.24) is 9.78 Å². The Morgan fingerprint density at radius 2 is 2.10 bits per heavy atom. The van der Waals surface area contributed by atoms with Crippen LogP contribution in [0.15, 0.2) is 33.5 Å². The fourth-order valence-electron chi connectivity index (χ4n) is 1.81. The van der Waals surface area contributed by atoms with E-state index in [1.807, 2.05) is 12.1 Å². The molecule has 0 fully saturated rings. The summed E-state index contributed by atoms with van der Waals surface area (Å²) in [6, 6.07) is 3.95. The molecule has 0 aliphatic rings. The van der Waals surface area contributed by atoms with Crippen LogP contribution < -0.4 is 15.8 Å². The second-order valence-corrected chi connectivity index (χ2v) is 6.05. The summed E-state index contributed by atoms with van der Waals surface area (Å²) in [5, 5.41) is 7.27. The van der Waals surface area contributed by atoms with Gasteiger partial charge in [0.15, 0.2) is 0 Å². The van der Waals surface area contributed by atoms with E-state index in [2.05, 4.69) is 42.3 Å². The first-order chi connectivity index (χ1) is 9.99. The number of amides is 1. The van der Waals surface area contributed by atoms with Crippen LogP contribution in [0.3, 0.4) is 0 Å². The average Bonchev–Trinajstić information content (AvgIpc) is 2.83. The number of carbonyl (C=O) groups excluding carboxylic acids is 1. The molecule has 0 saturated carbocycles. The van der Waals surface area contributed by atoms with Crippen LogP contribution in [0.1, 0.15) is 5.56 Å². The lowest BCUT2D eigenvalue weighted by Crippen LogP contribution is -2.18. The summed E-state index contributed by atoms with van der Waals surface area (Å²) in [6.45, 7) is 0.685. The minimum atomic E-state index is -0.423. The van der Waals surface area contributed by atoms with E-state index in [-0.39, 0.29) is 6.54 Å². The van der Waals surface area contributed by atoms with Crippen LogP contribution in [0.25, 0.3) is 0 Å². The fourth-order valence-corrected chi connectivity index (χ4v) is 3.42. The molecule has 21 heavy (non-hydrogen) atoms. The molecule has 0 bridgehead atoms. The van der Waals surface area contributed by atoms with E-state index in [1.165, 1.54) is 4.68 Å². The van der Waals surface area contributed by atoms with Crippen LogP contribution in [0.4, 0.5) is 5.69 Å². The average molecular weight is 418 g/mol. The van der Waals surface area contributed by atoms with Gasteiger partial charge in [0.1, 0.15) is 12.3 Å². The summed E-state index contributed by atoms with van der Waals surface area (Å²) in [4.78, 5) is 10.8. The predicted molar refractivity (Wildman–Crippen MR) is 87.1 cm³/mol. The minimum Gasteiger partial charge on any atom is -0.494 e. The summed E-state index contributed by atoms with van der Waals surface area (Å²) < 4.78 is 8.50. The van der Waals surface area contributed by atoms with E-state index in [0.29, 0.717) is 6.54 Å². The van der Waals surface area contributed by atoms with Gasteiger partial charge in [0.2, 0.25) is 5.91 Å². The molecule has 0 aliphatic heterocycles. The molecule has 0 atom stereocenters. The van der Waals surface area contributed by atoms with Crippen molar-refractivity contribution in [2.24, 2.45) is 5.73 Å². The lowest BCUT2D eigenvalue weighted by molar-refractivity contribution is -0.118. The molecule has 6 nitrogen and oxygen atoms in total. The van der Waals surface area contributed by atoms with Crippen LogP contribution in [0, 0.1) is 0 Å². The van der Waals surface area contributed by atoms with Crippen LogP contribution in [0.2, 0.25) is 0 Å². The van der Waals surface area contributed by atoms with E-state index in [9.17, 15) is 4.79 Å². The van der Waals surface area contributed by atoms with E-state index in [0.717, 1.165) is 25.9 Å². The maximum absolute atomic E-state index is 10.8. The number of hydrogen-bond acceptors (Lipinski definition) is 4. The Morgan fingerprint density at radius 1 is 1.43 bits per heavy atom. The van der Waals surface area contributed by atoms with Crippen LogP contribution >= 0.6 is 31.9 Å². The predicted octanol–water partition coefficient (Wildman–Crippen LogP) is 2.51. The second-order valence-electron chi connectivity index (χ2n) is 4.34. The maximum Gasteiger partial charge on any atom is 0.239 e. The highest BCUT2D eigenvalue weighted by Gasteiger charge is 2.08. The molecular formula is C13H14Br2N4O2. The summed E-state index contributed by atoms with van der Waals surface area (Å²) >= 11 is 6.93.